The third-order valence-corrected chi connectivity index (χ3v) is 5.84. The molecule has 1 heterocycles. The van der Waals surface area contributed by atoms with Gasteiger partial charge in [-0.1, -0.05) is 26.8 Å². The first-order valence-electron chi connectivity index (χ1n) is 9.48. The number of hydrogen-bond donors (Lipinski definition) is 1. The van der Waals surface area contributed by atoms with Gasteiger partial charge in [-0.3, -0.25) is 9.79 Å². The van der Waals surface area contributed by atoms with Crippen molar-refractivity contribution < 1.29 is 19.0 Å². The molecule has 152 valence electrons. The second kappa shape index (κ2) is 7.90. The molecule has 4 atom stereocenters. The molecule has 1 aromatic carbocycles. The van der Waals surface area contributed by atoms with Crippen molar-refractivity contribution in [2.24, 2.45) is 21.7 Å². The molecule has 1 N–H and O–H groups in total. The zero-order chi connectivity index (χ0) is 21.3. The van der Waals surface area contributed by atoms with Gasteiger partial charge in [0.25, 0.3) is 0 Å². The molecule has 28 heavy (non-hydrogen) atoms. The number of rotatable bonds is 5. The molecule has 0 saturated carbocycles. The zero-order valence-electron chi connectivity index (χ0n) is 17.4. The zero-order valence-corrected chi connectivity index (χ0v) is 17.4. The summed E-state index contributed by atoms with van der Waals surface area (Å²) in [5.74, 6) is -2.63. The van der Waals surface area contributed by atoms with Crippen LogP contribution in [0.15, 0.2) is 23.2 Å². The van der Waals surface area contributed by atoms with E-state index in [-0.39, 0.29) is 11.2 Å². The SMILES string of the molecule is COc1cc(F)ccc1C1C(C#N)C(C)=NC(C)C1(CCC(C)(C)C)C(=O)O. The fraction of sp³-hybridized carbons (Fsp3) is 0.591. The minimum Gasteiger partial charge on any atom is -0.496 e. The van der Waals surface area contributed by atoms with Crippen LogP contribution in [-0.2, 0) is 4.79 Å². The Kier molecular flexibility index (Phi) is 6.18. The lowest BCUT2D eigenvalue weighted by Gasteiger charge is -2.47. The number of ether oxygens (including phenoxy) is 1. The average molecular weight is 388 g/mol. The largest absolute Gasteiger partial charge is 0.496 e. The van der Waals surface area contributed by atoms with E-state index in [9.17, 15) is 19.6 Å². The van der Waals surface area contributed by atoms with Crippen LogP contribution in [0.5, 0.6) is 5.75 Å². The van der Waals surface area contributed by atoms with Crippen molar-refractivity contribution in [3.05, 3.63) is 29.6 Å². The lowest BCUT2D eigenvalue weighted by molar-refractivity contribution is -0.153. The fourth-order valence-electron chi connectivity index (χ4n) is 4.23. The summed E-state index contributed by atoms with van der Waals surface area (Å²) in [6.07, 6.45) is 1.00. The van der Waals surface area contributed by atoms with Crippen LogP contribution in [0.25, 0.3) is 0 Å². The van der Waals surface area contributed by atoms with Gasteiger partial charge >= 0.3 is 5.97 Å². The van der Waals surface area contributed by atoms with Crippen molar-refractivity contribution in [3.63, 3.8) is 0 Å². The third kappa shape index (κ3) is 3.89. The first-order chi connectivity index (χ1) is 13.0. The molecule has 6 heteroatoms. The van der Waals surface area contributed by atoms with E-state index in [4.69, 9.17) is 4.74 Å². The highest BCUT2D eigenvalue weighted by Crippen LogP contribution is 2.54. The highest BCUT2D eigenvalue weighted by molar-refractivity contribution is 5.92. The van der Waals surface area contributed by atoms with Gasteiger partial charge in [0.1, 0.15) is 11.6 Å². The van der Waals surface area contributed by atoms with Gasteiger partial charge in [-0.25, -0.2) is 4.39 Å². The maximum atomic E-state index is 13.8. The molecule has 0 amide bonds. The molecule has 0 aliphatic carbocycles. The number of nitriles is 1. The first-order valence-corrected chi connectivity index (χ1v) is 9.48. The molecule has 0 radical (unpaired) electrons. The molecule has 5 nitrogen and oxygen atoms in total. The van der Waals surface area contributed by atoms with E-state index in [2.05, 4.69) is 31.8 Å². The molecule has 0 fully saturated rings. The summed E-state index contributed by atoms with van der Waals surface area (Å²) in [5.41, 5.74) is -0.247. The Hall–Kier alpha value is -2.42. The Balaban J connectivity index is 2.78. The number of carboxylic acid groups (broad SMARTS) is 1. The van der Waals surface area contributed by atoms with Crippen molar-refractivity contribution in [1.29, 1.82) is 5.26 Å². The molecule has 0 aromatic heterocycles. The van der Waals surface area contributed by atoms with Crippen molar-refractivity contribution in [1.82, 2.24) is 0 Å². The summed E-state index contributed by atoms with van der Waals surface area (Å²) in [4.78, 5) is 17.3. The van der Waals surface area contributed by atoms with E-state index in [0.717, 1.165) is 0 Å². The van der Waals surface area contributed by atoms with E-state index in [0.29, 0.717) is 24.1 Å². The maximum absolute atomic E-state index is 13.8. The predicted molar refractivity (Wildman–Crippen MR) is 106 cm³/mol. The lowest BCUT2D eigenvalue weighted by Crippen LogP contribution is -2.52. The molecule has 0 saturated heterocycles. The van der Waals surface area contributed by atoms with E-state index in [1.807, 2.05) is 0 Å². The third-order valence-electron chi connectivity index (χ3n) is 5.84. The number of benzene rings is 1. The number of halogens is 1. The summed E-state index contributed by atoms with van der Waals surface area (Å²) in [6, 6.07) is 5.79. The van der Waals surface area contributed by atoms with Gasteiger partial charge < -0.3 is 9.84 Å². The van der Waals surface area contributed by atoms with Crippen LogP contribution < -0.4 is 4.74 Å². The molecule has 1 aromatic rings. The van der Waals surface area contributed by atoms with Crippen LogP contribution in [0, 0.1) is 33.9 Å². The number of aliphatic imine (C=N–C) groups is 1. The molecule has 2 rings (SSSR count). The maximum Gasteiger partial charge on any atom is 0.312 e. The molecule has 4 unspecified atom stereocenters. The summed E-state index contributed by atoms with van der Waals surface area (Å²) >= 11 is 0. The number of aliphatic carboxylic acids is 1. The van der Waals surface area contributed by atoms with Crippen molar-refractivity contribution in [2.45, 2.75) is 59.4 Å². The molecule has 1 aliphatic rings. The summed E-state index contributed by atoms with van der Waals surface area (Å²) in [5, 5.41) is 20.3. The monoisotopic (exact) mass is 388 g/mol. The van der Waals surface area contributed by atoms with Gasteiger partial charge in [-0.2, -0.15) is 5.26 Å². The number of carboxylic acids is 1. The number of carbonyl (C=O) groups is 1. The summed E-state index contributed by atoms with van der Waals surface area (Å²) < 4.78 is 19.2. The molecule has 0 spiro atoms. The van der Waals surface area contributed by atoms with Crippen molar-refractivity contribution in [2.75, 3.05) is 7.11 Å². The topological polar surface area (TPSA) is 82.7 Å². The van der Waals surface area contributed by atoms with Gasteiger partial charge in [0.15, 0.2) is 0 Å². The van der Waals surface area contributed by atoms with Crippen LogP contribution in [0.4, 0.5) is 4.39 Å². The summed E-state index contributed by atoms with van der Waals surface area (Å²) in [6.45, 7) is 9.71. The van der Waals surface area contributed by atoms with E-state index in [1.165, 1.54) is 19.2 Å². The summed E-state index contributed by atoms with van der Waals surface area (Å²) in [7, 11) is 1.42. The van der Waals surface area contributed by atoms with Crippen LogP contribution in [0.3, 0.4) is 0 Å². The fourth-order valence-corrected chi connectivity index (χ4v) is 4.23. The van der Waals surface area contributed by atoms with Gasteiger partial charge in [0.05, 0.1) is 30.6 Å². The Morgan fingerprint density at radius 1 is 1.43 bits per heavy atom. The average Bonchev–Trinajstić information content (AvgIpc) is 2.59. The van der Waals surface area contributed by atoms with Crippen LogP contribution in [0.1, 0.15) is 58.9 Å². The minimum atomic E-state index is -1.29. The Morgan fingerprint density at radius 3 is 2.57 bits per heavy atom. The van der Waals surface area contributed by atoms with E-state index >= 15 is 0 Å². The molecule has 1 aliphatic heterocycles. The molecular formula is C22H29FN2O3. The van der Waals surface area contributed by atoms with Gasteiger partial charge in [0.2, 0.25) is 0 Å². The van der Waals surface area contributed by atoms with Crippen LogP contribution >= 0.6 is 0 Å². The number of nitrogens with zero attached hydrogens (tertiary/aromatic N) is 2. The molecule has 0 bridgehead atoms. The van der Waals surface area contributed by atoms with Gasteiger partial charge in [0, 0.05) is 23.3 Å². The van der Waals surface area contributed by atoms with Crippen molar-refractivity contribution in [3.8, 4) is 11.8 Å². The lowest BCUT2D eigenvalue weighted by atomic mass is 9.57. The van der Waals surface area contributed by atoms with E-state index in [1.54, 1.807) is 19.9 Å². The number of methoxy groups -OCH3 is 1. The quantitative estimate of drug-likeness (QED) is 0.784. The normalized spacial score (nSPS) is 27.6. The highest BCUT2D eigenvalue weighted by Gasteiger charge is 2.57. The minimum absolute atomic E-state index is 0.0854. The van der Waals surface area contributed by atoms with Crippen LogP contribution in [-0.4, -0.2) is 29.9 Å². The Morgan fingerprint density at radius 2 is 2.07 bits per heavy atom. The van der Waals surface area contributed by atoms with Crippen LogP contribution in [0.2, 0.25) is 0 Å². The Labute approximate surface area is 166 Å². The second-order valence-corrected chi connectivity index (χ2v) is 8.82. The standard InChI is InChI=1S/C22H29FN2O3/c1-13-17(12-24)19(16-8-7-15(23)11-18(16)28-6)22(20(26)27,14(2)25-13)10-9-21(3,4)5/h7-8,11,14,17,19H,9-10H2,1-6H3,(H,26,27). The first kappa shape index (κ1) is 21.9. The van der Waals surface area contributed by atoms with Crippen molar-refractivity contribution >= 4 is 11.7 Å². The second-order valence-electron chi connectivity index (χ2n) is 8.82. The van der Waals surface area contributed by atoms with E-state index < -0.39 is 35.1 Å². The Bertz CT molecular complexity index is 822. The number of hydrogen-bond acceptors (Lipinski definition) is 4. The molecular weight excluding hydrogens is 359 g/mol. The highest BCUT2D eigenvalue weighted by atomic mass is 19.1. The van der Waals surface area contributed by atoms with Gasteiger partial charge in [-0.05, 0) is 38.2 Å². The predicted octanol–water partition coefficient (Wildman–Crippen LogP) is 4.82. The smallest absolute Gasteiger partial charge is 0.312 e. The van der Waals surface area contributed by atoms with Gasteiger partial charge in [-0.15, -0.1) is 0 Å².